The van der Waals surface area contributed by atoms with Crippen molar-refractivity contribution in [1.82, 2.24) is 0 Å². The lowest BCUT2D eigenvalue weighted by atomic mass is 10.2. The van der Waals surface area contributed by atoms with E-state index in [-0.39, 0.29) is 11.5 Å². The van der Waals surface area contributed by atoms with Crippen LogP contribution in [0.15, 0.2) is 47.1 Å². The number of nitrogens with one attached hydrogen (secondary N) is 1. The molecule has 0 aliphatic rings. The number of furan rings is 1. The molecule has 0 saturated carbocycles. The molecule has 1 N–H and O–H groups in total. The largest absolute Gasteiger partial charge is 0.545 e. The molecule has 1 heterocycles. The Balaban J connectivity index is 1.77. The Morgan fingerprint density at radius 1 is 1.20 bits per heavy atom. The first-order valence-corrected chi connectivity index (χ1v) is 7.02. The maximum absolute atomic E-state index is 11.7. The van der Waals surface area contributed by atoms with Gasteiger partial charge in [-0.2, -0.15) is 0 Å². The quantitative estimate of drug-likeness (QED) is 0.872. The number of anilines is 1. The second-order valence-electron chi connectivity index (χ2n) is 3.99. The van der Waals surface area contributed by atoms with Gasteiger partial charge < -0.3 is 19.6 Å². The Hall–Kier alpha value is -2.21. The molecule has 0 spiro atoms. The van der Waals surface area contributed by atoms with Gasteiger partial charge >= 0.3 is 0 Å². The molecule has 104 valence electrons. The van der Waals surface area contributed by atoms with Crippen LogP contribution >= 0.6 is 11.8 Å². The van der Waals surface area contributed by atoms with Gasteiger partial charge in [-0.3, -0.25) is 4.79 Å². The Morgan fingerprint density at radius 2 is 1.95 bits per heavy atom. The molecule has 2 rings (SSSR count). The fourth-order valence-electron chi connectivity index (χ4n) is 1.53. The summed E-state index contributed by atoms with van der Waals surface area (Å²) in [4.78, 5) is 22.2. The summed E-state index contributed by atoms with van der Waals surface area (Å²) in [6.45, 7) is 0. The van der Waals surface area contributed by atoms with E-state index < -0.39 is 5.97 Å². The highest BCUT2D eigenvalue weighted by Gasteiger charge is 2.04. The molecule has 0 aliphatic heterocycles. The number of hydrogen-bond donors (Lipinski definition) is 1. The predicted octanol–water partition coefficient (Wildman–Crippen LogP) is 1.51. The fourth-order valence-corrected chi connectivity index (χ4v) is 2.25. The molecule has 0 saturated heterocycles. The zero-order chi connectivity index (χ0) is 14.4. The standard InChI is InChI=1S/C14H13NO4S/c16-13(9-20-8-12-2-1-7-19-12)15-11-5-3-10(4-6-11)14(17)18/h1-7H,8-9H2,(H,15,16)(H,17,18)/p-1. The summed E-state index contributed by atoms with van der Waals surface area (Å²) in [5.74, 6) is 0.355. The van der Waals surface area contributed by atoms with Crippen molar-refractivity contribution < 1.29 is 19.1 Å². The first kappa shape index (κ1) is 14.2. The van der Waals surface area contributed by atoms with Crippen molar-refractivity contribution >= 4 is 29.3 Å². The maximum atomic E-state index is 11.7. The number of benzene rings is 1. The van der Waals surface area contributed by atoms with E-state index >= 15 is 0 Å². The number of hydrogen-bond acceptors (Lipinski definition) is 5. The summed E-state index contributed by atoms with van der Waals surface area (Å²) in [7, 11) is 0. The van der Waals surface area contributed by atoms with Crippen molar-refractivity contribution in [1.29, 1.82) is 0 Å². The maximum Gasteiger partial charge on any atom is 0.234 e. The van der Waals surface area contributed by atoms with Crippen molar-refractivity contribution in [2.75, 3.05) is 11.1 Å². The van der Waals surface area contributed by atoms with Crippen molar-refractivity contribution in [3.63, 3.8) is 0 Å². The molecule has 0 aliphatic carbocycles. The second kappa shape index (κ2) is 6.81. The Labute approximate surface area is 120 Å². The van der Waals surface area contributed by atoms with E-state index in [1.807, 2.05) is 6.07 Å². The SMILES string of the molecule is O=C(CSCc1ccco1)Nc1ccc(C(=O)[O-])cc1. The van der Waals surface area contributed by atoms with Gasteiger partial charge in [-0.25, -0.2) is 0 Å². The van der Waals surface area contributed by atoms with E-state index in [0.29, 0.717) is 17.2 Å². The molecule has 0 bridgehead atoms. The molecule has 20 heavy (non-hydrogen) atoms. The molecule has 2 aromatic rings. The second-order valence-corrected chi connectivity index (χ2v) is 4.97. The number of carbonyl (C=O) groups is 2. The van der Waals surface area contributed by atoms with Crippen LogP contribution in [0.3, 0.4) is 0 Å². The first-order chi connectivity index (χ1) is 9.65. The zero-order valence-corrected chi connectivity index (χ0v) is 11.3. The molecular weight excluding hydrogens is 278 g/mol. The average Bonchev–Trinajstić information content (AvgIpc) is 2.92. The van der Waals surface area contributed by atoms with Gasteiger partial charge in [0.2, 0.25) is 5.91 Å². The van der Waals surface area contributed by atoms with Crippen LogP contribution in [0.4, 0.5) is 5.69 Å². The van der Waals surface area contributed by atoms with Gasteiger partial charge in [0.05, 0.1) is 23.7 Å². The normalized spacial score (nSPS) is 10.2. The Bertz CT molecular complexity index is 578. The van der Waals surface area contributed by atoms with Crippen molar-refractivity contribution in [3.05, 3.63) is 54.0 Å². The smallest absolute Gasteiger partial charge is 0.234 e. The molecular formula is C14H12NO4S-. The molecule has 1 amide bonds. The average molecular weight is 290 g/mol. The third kappa shape index (κ3) is 4.17. The van der Waals surface area contributed by atoms with Gasteiger partial charge in [-0.1, -0.05) is 12.1 Å². The monoisotopic (exact) mass is 290 g/mol. The van der Waals surface area contributed by atoms with Crippen LogP contribution in [0.1, 0.15) is 16.1 Å². The molecule has 6 heteroatoms. The van der Waals surface area contributed by atoms with Crippen LogP contribution < -0.4 is 10.4 Å². The van der Waals surface area contributed by atoms with Gasteiger partial charge in [0.1, 0.15) is 5.76 Å². The molecule has 0 atom stereocenters. The van der Waals surface area contributed by atoms with Crippen LogP contribution in [0.5, 0.6) is 0 Å². The highest BCUT2D eigenvalue weighted by molar-refractivity contribution is 7.99. The molecule has 0 unspecified atom stereocenters. The third-order valence-electron chi connectivity index (χ3n) is 2.46. The number of carbonyl (C=O) groups excluding carboxylic acids is 2. The molecule has 1 aromatic carbocycles. The van der Waals surface area contributed by atoms with Crippen LogP contribution in [0.2, 0.25) is 0 Å². The van der Waals surface area contributed by atoms with E-state index in [1.54, 1.807) is 12.3 Å². The topological polar surface area (TPSA) is 82.4 Å². The minimum Gasteiger partial charge on any atom is -0.545 e. The minimum absolute atomic E-state index is 0.0789. The third-order valence-corrected chi connectivity index (χ3v) is 3.42. The number of carboxylic acids is 1. The number of amides is 1. The molecule has 5 nitrogen and oxygen atoms in total. The lowest BCUT2D eigenvalue weighted by Gasteiger charge is -2.06. The molecule has 1 aromatic heterocycles. The fraction of sp³-hybridized carbons (Fsp3) is 0.143. The molecule has 0 radical (unpaired) electrons. The highest BCUT2D eigenvalue weighted by Crippen LogP contribution is 2.14. The predicted molar refractivity (Wildman–Crippen MR) is 74.3 cm³/mol. The van der Waals surface area contributed by atoms with Crippen molar-refractivity contribution in [2.45, 2.75) is 5.75 Å². The van der Waals surface area contributed by atoms with E-state index in [4.69, 9.17) is 4.42 Å². The van der Waals surface area contributed by atoms with Gasteiger partial charge in [-0.05, 0) is 29.8 Å². The summed E-state index contributed by atoms with van der Waals surface area (Å²) in [5, 5.41) is 13.3. The van der Waals surface area contributed by atoms with E-state index in [9.17, 15) is 14.7 Å². The summed E-state index contributed by atoms with van der Waals surface area (Å²) in [6.07, 6.45) is 1.59. The van der Waals surface area contributed by atoms with E-state index in [0.717, 1.165) is 5.76 Å². The summed E-state index contributed by atoms with van der Waals surface area (Å²) in [6, 6.07) is 9.49. The number of thioether (sulfide) groups is 1. The van der Waals surface area contributed by atoms with Gasteiger partial charge in [-0.15, -0.1) is 11.8 Å². The summed E-state index contributed by atoms with van der Waals surface area (Å²) >= 11 is 1.44. The van der Waals surface area contributed by atoms with Gasteiger partial charge in [0, 0.05) is 5.69 Å². The van der Waals surface area contributed by atoms with Crippen molar-refractivity contribution in [2.24, 2.45) is 0 Å². The van der Waals surface area contributed by atoms with Crippen LogP contribution in [0.25, 0.3) is 0 Å². The van der Waals surface area contributed by atoms with Crippen LogP contribution in [0, 0.1) is 0 Å². The van der Waals surface area contributed by atoms with Gasteiger partial charge in [0.15, 0.2) is 0 Å². The highest BCUT2D eigenvalue weighted by atomic mass is 32.2. The van der Waals surface area contributed by atoms with Crippen molar-refractivity contribution in [3.8, 4) is 0 Å². The zero-order valence-electron chi connectivity index (χ0n) is 10.5. The number of aromatic carboxylic acids is 1. The van der Waals surface area contributed by atoms with Gasteiger partial charge in [0.25, 0.3) is 0 Å². The van der Waals surface area contributed by atoms with E-state index in [1.165, 1.54) is 36.0 Å². The summed E-state index contributed by atoms with van der Waals surface area (Å²) in [5.41, 5.74) is 0.633. The Morgan fingerprint density at radius 3 is 2.55 bits per heavy atom. The lowest BCUT2D eigenvalue weighted by Crippen LogP contribution is -2.22. The summed E-state index contributed by atoms with van der Waals surface area (Å²) < 4.78 is 5.16. The minimum atomic E-state index is -1.24. The number of carboxylic acid groups (broad SMARTS) is 1. The molecule has 0 fully saturated rings. The lowest BCUT2D eigenvalue weighted by molar-refractivity contribution is -0.255. The Kier molecular flexibility index (Phi) is 4.84. The van der Waals surface area contributed by atoms with Crippen LogP contribution in [-0.4, -0.2) is 17.6 Å². The number of rotatable bonds is 6. The van der Waals surface area contributed by atoms with Crippen LogP contribution in [-0.2, 0) is 10.5 Å². The first-order valence-electron chi connectivity index (χ1n) is 5.86. The van der Waals surface area contributed by atoms with E-state index in [2.05, 4.69) is 5.32 Å².